The SMILES string of the molecule is COc1cccc(/C=N\c2sc3c(c2C(=O)NC2CCCCC2)CCCC3)c1OC. The van der Waals surface area contributed by atoms with Gasteiger partial charge in [-0.3, -0.25) is 4.79 Å². The summed E-state index contributed by atoms with van der Waals surface area (Å²) in [6.07, 6.45) is 12.0. The predicted molar refractivity (Wildman–Crippen MR) is 122 cm³/mol. The highest BCUT2D eigenvalue weighted by Crippen LogP contribution is 2.40. The van der Waals surface area contributed by atoms with Crippen LogP contribution < -0.4 is 14.8 Å². The van der Waals surface area contributed by atoms with Gasteiger partial charge in [0, 0.05) is 22.7 Å². The molecule has 1 saturated carbocycles. The molecule has 5 nitrogen and oxygen atoms in total. The van der Waals surface area contributed by atoms with Crippen LogP contribution in [0.25, 0.3) is 0 Å². The molecule has 1 N–H and O–H groups in total. The smallest absolute Gasteiger partial charge is 0.254 e. The minimum atomic E-state index is 0.0473. The first-order valence-corrected chi connectivity index (χ1v) is 11.7. The van der Waals surface area contributed by atoms with Crippen molar-refractivity contribution >= 4 is 28.5 Å². The first-order chi connectivity index (χ1) is 14.7. The van der Waals surface area contributed by atoms with Crippen LogP contribution in [0.4, 0.5) is 5.00 Å². The number of amides is 1. The second-order valence-corrected chi connectivity index (χ2v) is 9.12. The van der Waals surface area contributed by atoms with Gasteiger partial charge in [-0.15, -0.1) is 11.3 Å². The number of nitrogens with zero attached hydrogens (tertiary/aromatic N) is 1. The van der Waals surface area contributed by atoms with Gasteiger partial charge in [0.15, 0.2) is 11.5 Å². The summed E-state index contributed by atoms with van der Waals surface area (Å²) in [6.45, 7) is 0. The van der Waals surface area contributed by atoms with Crippen LogP contribution in [0.15, 0.2) is 23.2 Å². The van der Waals surface area contributed by atoms with Crippen molar-refractivity contribution in [3.8, 4) is 11.5 Å². The Bertz CT molecular complexity index is 929. The molecule has 1 fully saturated rings. The second-order valence-electron chi connectivity index (χ2n) is 8.04. The van der Waals surface area contributed by atoms with Gasteiger partial charge >= 0.3 is 0 Å². The normalized spacial score (nSPS) is 17.0. The molecule has 0 spiro atoms. The molecule has 6 heteroatoms. The number of hydrogen-bond acceptors (Lipinski definition) is 5. The number of aryl methyl sites for hydroxylation is 1. The molecule has 2 aromatic rings. The molecule has 2 aliphatic carbocycles. The van der Waals surface area contributed by atoms with Crippen molar-refractivity contribution in [2.24, 2.45) is 4.99 Å². The third-order valence-corrected chi connectivity index (χ3v) is 7.27. The summed E-state index contributed by atoms with van der Waals surface area (Å²) in [5, 5.41) is 4.11. The van der Waals surface area contributed by atoms with Gasteiger partial charge in [-0.05, 0) is 56.2 Å². The monoisotopic (exact) mass is 426 g/mol. The maximum absolute atomic E-state index is 13.3. The third-order valence-electron chi connectivity index (χ3n) is 6.07. The van der Waals surface area contributed by atoms with Crippen LogP contribution in [-0.2, 0) is 12.8 Å². The lowest BCUT2D eigenvalue weighted by molar-refractivity contribution is 0.0927. The molecular weight excluding hydrogens is 396 g/mol. The van der Waals surface area contributed by atoms with Crippen molar-refractivity contribution in [3.05, 3.63) is 39.8 Å². The largest absolute Gasteiger partial charge is 0.493 e. The Balaban J connectivity index is 1.65. The number of hydrogen-bond donors (Lipinski definition) is 1. The number of carbonyl (C=O) groups is 1. The van der Waals surface area contributed by atoms with E-state index in [2.05, 4.69) is 5.32 Å². The van der Waals surface area contributed by atoms with Crippen LogP contribution in [0.5, 0.6) is 11.5 Å². The molecule has 4 rings (SSSR count). The number of benzene rings is 1. The van der Waals surface area contributed by atoms with Crippen LogP contribution in [0.1, 0.15) is 71.3 Å². The molecule has 30 heavy (non-hydrogen) atoms. The number of nitrogens with one attached hydrogen (secondary N) is 1. The van der Waals surface area contributed by atoms with E-state index in [1.165, 1.54) is 36.1 Å². The molecule has 1 aromatic heterocycles. The quantitative estimate of drug-likeness (QED) is 0.624. The number of aliphatic imine (C=N–C) groups is 1. The molecular formula is C24H30N2O3S. The number of fused-ring (bicyclic) bond motifs is 1. The zero-order valence-electron chi connectivity index (χ0n) is 17.8. The third kappa shape index (κ3) is 4.38. The summed E-state index contributed by atoms with van der Waals surface area (Å²) >= 11 is 1.66. The van der Waals surface area contributed by atoms with E-state index in [1.54, 1.807) is 31.8 Å². The van der Waals surface area contributed by atoms with Crippen LogP contribution in [0.3, 0.4) is 0 Å². The van der Waals surface area contributed by atoms with E-state index >= 15 is 0 Å². The van der Waals surface area contributed by atoms with E-state index in [0.717, 1.165) is 48.2 Å². The standard InChI is InChI=1S/C24H30N2O3S/c1-28-19-13-8-9-16(22(19)29-2)15-25-24-21(18-12-6-7-14-20(18)30-24)23(27)26-17-10-4-3-5-11-17/h8-9,13,15,17H,3-7,10-12,14H2,1-2H3,(H,26,27)/b25-15-. The number of para-hydroxylation sites is 1. The lowest BCUT2D eigenvalue weighted by Crippen LogP contribution is -2.36. The lowest BCUT2D eigenvalue weighted by atomic mass is 9.93. The lowest BCUT2D eigenvalue weighted by Gasteiger charge is -2.23. The minimum Gasteiger partial charge on any atom is -0.493 e. The van der Waals surface area contributed by atoms with Crippen molar-refractivity contribution in [3.63, 3.8) is 0 Å². The van der Waals surface area contributed by atoms with Gasteiger partial charge in [-0.25, -0.2) is 4.99 Å². The van der Waals surface area contributed by atoms with E-state index in [9.17, 15) is 4.79 Å². The van der Waals surface area contributed by atoms with Gasteiger partial charge in [0.25, 0.3) is 5.91 Å². The van der Waals surface area contributed by atoms with Crippen molar-refractivity contribution in [1.29, 1.82) is 0 Å². The average molecular weight is 427 g/mol. The van der Waals surface area contributed by atoms with E-state index in [4.69, 9.17) is 14.5 Å². The van der Waals surface area contributed by atoms with Gasteiger partial charge in [0.2, 0.25) is 0 Å². The molecule has 0 saturated heterocycles. The molecule has 0 bridgehead atoms. The Morgan fingerprint density at radius 1 is 1.10 bits per heavy atom. The van der Waals surface area contributed by atoms with E-state index in [-0.39, 0.29) is 5.91 Å². The summed E-state index contributed by atoms with van der Waals surface area (Å²) in [5.74, 6) is 1.37. The number of methoxy groups -OCH3 is 2. The topological polar surface area (TPSA) is 59.9 Å². The average Bonchev–Trinajstić information content (AvgIpc) is 3.16. The highest BCUT2D eigenvalue weighted by Gasteiger charge is 2.27. The van der Waals surface area contributed by atoms with Crippen molar-refractivity contribution < 1.29 is 14.3 Å². The minimum absolute atomic E-state index is 0.0473. The highest BCUT2D eigenvalue weighted by molar-refractivity contribution is 7.16. The zero-order chi connectivity index (χ0) is 20.9. The van der Waals surface area contributed by atoms with E-state index in [0.29, 0.717) is 17.5 Å². The second kappa shape index (κ2) is 9.65. The first kappa shape index (κ1) is 20.9. The molecule has 2 aliphatic rings. The maximum atomic E-state index is 13.3. The fourth-order valence-corrected chi connectivity index (χ4v) is 5.75. The van der Waals surface area contributed by atoms with Gasteiger partial charge < -0.3 is 14.8 Å². The number of rotatable bonds is 6. The van der Waals surface area contributed by atoms with Crippen LogP contribution in [0.2, 0.25) is 0 Å². The Morgan fingerprint density at radius 2 is 1.90 bits per heavy atom. The molecule has 1 aromatic carbocycles. The fourth-order valence-electron chi connectivity index (χ4n) is 4.52. The molecule has 0 radical (unpaired) electrons. The van der Waals surface area contributed by atoms with Crippen LogP contribution in [-0.4, -0.2) is 32.4 Å². The highest BCUT2D eigenvalue weighted by atomic mass is 32.1. The Kier molecular flexibility index (Phi) is 6.72. The summed E-state index contributed by atoms with van der Waals surface area (Å²) in [6, 6.07) is 6.02. The predicted octanol–water partition coefficient (Wildman–Crippen LogP) is 5.46. The zero-order valence-corrected chi connectivity index (χ0v) is 18.6. The number of ether oxygens (including phenoxy) is 2. The Hall–Kier alpha value is -2.34. The summed E-state index contributed by atoms with van der Waals surface area (Å²) < 4.78 is 10.9. The first-order valence-electron chi connectivity index (χ1n) is 10.9. The molecule has 1 amide bonds. The van der Waals surface area contributed by atoms with Gasteiger partial charge in [0.05, 0.1) is 19.8 Å². The van der Waals surface area contributed by atoms with Crippen molar-refractivity contribution in [2.75, 3.05) is 14.2 Å². The van der Waals surface area contributed by atoms with Crippen LogP contribution >= 0.6 is 11.3 Å². The van der Waals surface area contributed by atoms with E-state index < -0.39 is 0 Å². The maximum Gasteiger partial charge on any atom is 0.254 e. The van der Waals surface area contributed by atoms with Gasteiger partial charge in [0.1, 0.15) is 5.00 Å². The summed E-state index contributed by atoms with van der Waals surface area (Å²) in [5.41, 5.74) is 2.84. The van der Waals surface area contributed by atoms with Crippen molar-refractivity contribution in [2.45, 2.75) is 63.8 Å². The van der Waals surface area contributed by atoms with E-state index in [1.807, 2.05) is 18.2 Å². The number of thiophene rings is 1. The van der Waals surface area contributed by atoms with Gasteiger partial charge in [-0.2, -0.15) is 0 Å². The fraction of sp³-hybridized carbons (Fsp3) is 0.500. The molecule has 1 heterocycles. The molecule has 0 aliphatic heterocycles. The summed E-state index contributed by atoms with van der Waals surface area (Å²) in [7, 11) is 3.25. The number of carbonyl (C=O) groups excluding carboxylic acids is 1. The molecule has 160 valence electrons. The molecule has 0 unspecified atom stereocenters. The van der Waals surface area contributed by atoms with Crippen LogP contribution in [0, 0.1) is 0 Å². The Morgan fingerprint density at radius 3 is 2.67 bits per heavy atom. The Labute approximate surface area is 182 Å². The molecule has 0 atom stereocenters. The van der Waals surface area contributed by atoms with Crippen molar-refractivity contribution in [1.82, 2.24) is 5.32 Å². The summed E-state index contributed by atoms with van der Waals surface area (Å²) in [4.78, 5) is 19.4. The van der Waals surface area contributed by atoms with Gasteiger partial charge in [-0.1, -0.05) is 25.3 Å².